The molecule has 1 aliphatic heterocycles. The van der Waals surface area contributed by atoms with Gasteiger partial charge in [0.2, 0.25) is 5.91 Å². The zero-order valence-corrected chi connectivity index (χ0v) is 17.6. The van der Waals surface area contributed by atoms with Gasteiger partial charge >= 0.3 is 0 Å². The second-order valence-electron chi connectivity index (χ2n) is 6.93. The van der Waals surface area contributed by atoms with Crippen LogP contribution in [0.1, 0.15) is 28.8 Å². The molecule has 1 aliphatic rings. The van der Waals surface area contributed by atoms with E-state index in [1.54, 1.807) is 23.1 Å². The van der Waals surface area contributed by atoms with Crippen LogP contribution >= 0.6 is 22.9 Å². The summed E-state index contributed by atoms with van der Waals surface area (Å²) in [6.07, 6.45) is 1.36. The molecular formula is C21H20ClN3O3S. The molecule has 0 aliphatic carbocycles. The number of carbonyl (C=O) groups is 2. The highest BCUT2D eigenvalue weighted by Gasteiger charge is 2.36. The Labute approximate surface area is 177 Å². The number of likely N-dealkylation sites (tertiary alicyclic amines) is 1. The van der Waals surface area contributed by atoms with E-state index in [4.69, 9.17) is 16.3 Å². The van der Waals surface area contributed by atoms with Crippen molar-refractivity contribution >= 4 is 50.1 Å². The van der Waals surface area contributed by atoms with Crippen molar-refractivity contribution in [3.8, 4) is 5.75 Å². The number of benzene rings is 2. The normalized spacial score (nSPS) is 16.2. The molecule has 0 spiro atoms. The highest BCUT2D eigenvalue weighted by Crippen LogP contribution is 2.30. The van der Waals surface area contributed by atoms with Crippen molar-refractivity contribution < 1.29 is 14.3 Å². The number of para-hydroxylation sites is 1. The minimum atomic E-state index is -0.556. The van der Waals surface area contributed by atoms with Gasteiger partial charge in [0, 0.05) is 11.6 Å². The van der Waals surface area contributed by atoms with Crippen LogP contribution in [0.4, 0.5) is 5.13 Å². The molecule has 0 unspecified atom stereocenters. The maximum absolute atomic E-state index is 13.1. The smallest absolute Gasteiger partial charge is 0.258 e. The van der Waals surface area contributed by atoms with Gasteiger partial charge in [-0.15, -0.1) is 0 Å². The van der Waals surface area contributed by atoms with Gasteiger partial charge in [0.1, 0.15) is 11.8 Å². The number of fused-ring (bicyclic) bond motifs is 1. The fourth-order valence-electron chi connectivity index (χ4n) is 3.61. The number of hydrogen-bond acceptors (Lipinski definition) is 5. The van der Waals surface area contributed by atoms with Gasteiger partial charge in [0.15, 0.2) is 5.13 Å². The van der Waals surface area contributed by atoms with Gasteiger partial charge < -0.3 is 15.0 Å². The minimum absolute atomic E-state index is 0.228. The second-order valence-corrected chi connectivity index (χ2v) is 8.40. The van der Waals surface area contributed by atoms with E-state index in [1.807, 2.05) is 25.1 Å². The second kappa shape index (κ2) is 8.00. The zero-order chi connectivity index (χ0) is 20.5. The van der Waals surface area contributed by atoms with E-state index < -0.39 is 6.04 Å². The Kier molecular flexibility index (Phi) is 5.43. The van der Waals surface area contributed by atoms with Crippen LogP contribution in [0.2, 0.25) is 5.02 Å². The van der Waals surface area contributed by atoms with Crippen LogP contribution in [0, 0.1) is 6.92 Å². The summed E-state index contributed by atoms with van der Waals surface area (Å²) in [5.74, 6) is -0.0530. The summed E-state index contributed by atoms with van der Waals surface area (Å²) >= 11 is 7.50. The first-order chi connectivity index (χ1) is 14.0. The van der Waals surface area contributed by atoms with Crippen LogP contribution in [0.3, 0.4) is 0 Å². The molecule has 29 heavy (non-hydrogen) atoms. The Morgan fingerprint density at radius 2 is 2.14 bits per heavy atom. The number of nitrogens with one attached hydrogen (secondary N) is 1. The summed E-state index contributed by atoms with van der Waals surface area (Å²) in [6.45, 7) is 2.49. The van der Waals surface area contributed by atoms with Crippen LogP contribution < -0.4 is 10.1 Å². The largest absolute Gasteiger partial charge is 0.496 e. The molecule has 2 heterocycles. The molecule has 1 aromatic heterocycles. The quantitative estimate of drug-likeness (QED) is 0.662. The van der Waals surface area contributed by atoms with E-state index in [0.29, 0.717) is 34.4 Å². The maximum Gasteiger partial charge on any atom is 0.258 e. The van der Waals surface area contributed by atoms with Crippen LogP contribution in [0.5, 0.6) is 5.75 Å². The fourth-order valence-corrected chi connectivity index (χ4v) is 4.73. The predicted molar refractivity (Wildman–Crippen MR) is 115 cm³/mol. The molecule has 8 heteroatoms. The monoisotopic (exact) mass is 429 g/mol. The van der Waals surface area contributed by atoms with E-state index in [2.05, 4.69) is 10.3 Å². The molecule has 1 saturated heterocycles. The summed E-state index contributed by atoms with van der Waals surface area (Å²) in [5.41, 5.74) is 2.30. The number of anilines is 1. The third-order valence-electron chi connectivity index (χ3n) is 5.06. The lowest BCUT2D eigenvalue weighted by molar-refractivity contribution is -0.119. The molecule has 6 nitrogen and oxygen atoms in total. The fraction of sp³-hybridized carbons (Fsp3) is 0.286. The first kappa shape index (κ1) is 19.7. The average Bonchev–Trinajstić information content (AvgIpc) is 3.35. The first-order valence-corrected chi connectivity index (χ1v) is 10.5. The number of ether oxygens (including phenoxy) is 1. The summed E-state index contributed by atoms with van der Waals surface area (Å²) in [5, 5.41) is 3.88. The van der Waals surface area contributed by atoms with Crippen molar-refractivity contribution in [3.63, 3.8) is 0 Å². The molecule has 2 amide bonds. The maximum atomic E-state index is 13.1. The predicted octanol–water partition coefficient (Wildman–Crippen LogP) is 4.51. The van der Waals surface area contributed by atoms with E-state index >= 15 is 0 Å². The Morgan fingerprint density at radius 1 is 1.31 bits per heavy atom. The molecule has 2 aromatic carbocycles. The van der Waals surface area contributed by atoms with Gasteiger partial charge in [-0.1, -0.05) is 35.1 Å². The van der Waals surface area contributed by atoms with Crippen LogP contribution in [0.25, 0.3) is 10.2 Å². The third-order valence-corrected chi connectivity index (χ3v) is 6.23. The molecule has 0 saturated carbocycles. The summed E-state index contributed by atoms with van der Waals surface area (Å²) in [6, 6.07) is 10.3. The molecular weight excluding hydrogens is 410 g/mol. The number of hydrogen-bond donors (Lipinski definition) is 1. The topological polar surface area (TPSA) is 71.5 Å². The van der Waals surface area contributed by atoms with Gasteiger partial charge in [-0.05, 0) is 49.6 Å². The molecule has 1 atom stereocenters. The van der Waals surface area contributed by atoms with Crippen molar-refractivity contribution in [1.82, 2.24) is 9.88 Å². The lowest BCUT2D eigenvalue weighted by Gasteiger charge is -2.24. The first-order valence-electron chi connectivity index (χ1n) is 9.29. The summed E-state index contributed by atoms with van der Waals surface area (Å²) < 4.78 is 6.32. The number of halogens is 1. The zero-order valence-electron chi connectivity index (χ0n) is 16.1. The van der Waals surface area contributed by atoms with Crippen molar-refractivity contribution in [1.29, 1.82) is 0 Å². The third kappa shape index (κ3) is 3.80. The van der Waals surface area contributed by atoms with E-state index in [-0.39, 0.29) is 11.8 Å². The molecule has 1 fully saturated rings. The number of methoxy groups -OCH3 is 1. The highest BCUT2D eigenvalue weighted by molar-refractivity contribution is 7.22. The highest BCUT2D eigenvalue weighted by atomic mass is 35.5. The molecule has 150 valence electrons. The lowest BCUT2D eigenvalue weighted by Crippen LogP contribution is -2.43. The SMILES string of the molecule is COc1ccc(Cl)cc1C(=O)N1CCC[C@H]1C(=O)Nc1nc2c(C)cccc2s1. The van der Waals surface area contributed by atoms with E-state index in [9.17, 15) is 9.59 Å². The number of carbonyl (C=O) groups excluding carboxylic acids is 2. The van der Waals surface area contributed by atoms with Gasteiger partial charge in [0.05, 0.1) is 22.9 Å². The molecule has 3 aromatic rings. The van der Waals surface area contributed by atoms with Gasteiger partial charge in [-0.2, -0.15) is 0 Å². The van der Waals surface area contributed by atoms with E-state index in [0.717, 1.165) is 22.2 Å². The number of rotatable bonds is 4. The number of aryl methyl sites for hydroxylation is 1. The summed E-state index contributed by atoms with van der Waals surface area (Å²) in [7, 11) is 1.50. The van der Waals surface area contributed by atoms with Gasteiger partial charge in [0.25, 0.3) is 5.91 Å². The van der Waals surface area contributed by atoms with Crippen molar-refractivity contribution in [2.45, 2.75) is 25.8 Å². The Hall–Kier alpha value is -2.64. The number of nitrogens with zero attached hydrogens (tertiary/aromatic N) is 2. The molecule has 0 bridgehead atoms. The van der Waals surface area contributed by atoms with Crippen LogP contribution in [0.15, 0.2) is 36.4 Å². The Bertz CT molecular complexity index is 1100. The van der Waals surface area contributed by atoms with Gasteiger partial charge in [-0.3, -0.25) is 9.59 Å². The van der Waals surface area contributed by atoms with E-state index in [1.165, 1.54) is 18.4 Å². The Morgan fingerprint density at radius 3 is 2.90 bits per heavy atom. The molecule has 1 N–H and O–H groups in total. The van der Waals surface area contributed by atoms with Crippen LogP contribution in [-0.4, -0.2) is 41.4 Å². The lowest BCUT2D eigenvalue weighted by atomic mass is 10.1. The van der Waals surface area contributed by atoms with Crippen molar-refractivity contribution in [3.05, 3.63) is 52.5 Å². The standard InChI is InChI=1S/C21H20ClN3O3S/c1-12-5-3-7-17-18(12)23-21(29-17)24-19(26)15-6-4-10-25(15)20(27)14-11-13(22)8-9-16(14)28-2/h3,5,7-9,11,15H,4,6,10H2,1-2H3,(H,23,24,26)/t15-/m0/s1. The minimum Gasteiger partial charge on any atom is -0.496 e. The number of thiazole rings is 1. The summed E-state index contributed by atoms with van der Waals surface area (Å²) in [4.78, 5) is 32.2. The van der Waals surface area contributed by atoms with Crippen LogP contribution in [-0.2, 0) is 4.79 Å². The molecule has 4 rings (SSSR count). The van der Waals surface area contributed by atoms with Crippen molar-refractivity contribution in [2.75, 3.05) is 19.0 Å². The Balaban J connectivity index is 1.56. The number of aromatic nitrogens is 1. The van der Waals surface area contributed by atoms with Crippen molar-refractivity contribution in [2.24, 2.45) is 0 Å². The number of amides is 2. The molecule has 0 radical (unpaired) electrons. The van der Waals surface area contributed by atoms with Gasteiger partial charge in [-0.25, -0.2) is 4.98 Å². The average molecular weight is 430 g/mol.